The maximum Gasteiger partial charge on any atom is 0.162 e. The third-order valence-corrected chi connectivity index (χ3v) is 4.39. The van der Waals surface area contributed by atoms with Crippen molar-refractivity contribution in [2.75, 3.05) is 5.32 Å². The average Bonchev–Trinajstić information content (AvgIpc) is 3.42. The lowest BCUT2D eigenvalue weighted by Crippen LogP contribution is -2.00. The second kappa shape index (κ2) is 5.66. The minimum absolute atomic E-state index is 0.634. The van der Waals surface area contributed by atoms with Crippen molar-refractivity contribution in [1.82, 2.24) is 25.1 Å². The molecule has 1 saturated carbocycles. The number of anilines is 2. The normalized spacial score (nSPS) is 13.9. The number of H-pyrrole nitrogens is 1. The fraction of sp³-hybridized carbons (Fsp3) is 0.158. The summed E-state index contributed by atoms with van der Waals surface area (Å²) in [7, 11) is 0. The van der Waals surface area contributed by atoms with Gasteiger partial charge >= 0.3 is 0 Å². The fourth-order valence-electron chi connectivity index (χ4n) is 2.92. The van der Waals surface area contributed by atoms with Gasteiger partial charge in [-0.25, -0.2) is 9.97 Å². The van der Waals surface area contributed by atoms with Crippen LogP contribution in [0.3, 0.4) is 0 Å². The van der Waals surface area contributed by atoms with Gasteiger partial charge in [0.1, 0.15) is 5.82 Å². The Morgan fingerprint density at radius 2 is 1.92 bits per heavy atom. The van der Waals surface area contributed by atoms with E-state index in [-0.39, 0.29) is 0 Å². The molecule has 122 valence electrons. The van der Waals surface area contributed by atoms with E-state index < -0.39 is 0 Å². The van der Waals surface area contributed by atoms with Crippen molar-refractivity contribution in [2.45, 2.75) is 18.8 Å². The lowest BCUT2D eigenvalue weighted by molar-refractivity contribution is 0.966. The van der Waals surface area contributed by atoms with Crippen molar-refractivity contribution < 1.29 is 0 Å². The van der Waals surface area contributed by atoms with Gasteiger partial charge < -0.3 is 5.32 Å². The van der Waals surface area contributed by atoms with Gasteiger partial charge in [-0.05, 0) is 18.9 Å². The van der Waals surface area contributed by atoms with Crippen molar-refractivity contribution in [3.63, 3.8) is 0 Å². The van der Waals surface area contributed by atoms with E-state index in [2.05, 4.69) is 31.5 Å². The first-order chi connectivity index (χ1) is 12.4. The molecular weight excluding hydrogens is 312 g/mol. The van der Waals surface area contributed by atoms with Gasteiger partial charge in [0.2, 0.25) is 0 Å². The first-order valence-electron chi connectivity index (χ1n) is 8.36. The Morgan fingerprint density at radius 3 is 2.76 bits per heavy atom. The van der Waals surface area contributed by atoms with Gasteiger partial charge in [0.15, 0.2) is 11.6 Å². The number of hydrogen-bond donors (Lipinski definition) is 2. The molecule has 0 unspecified atom stereocenters. The third-order valence-electron chi connectivity index (χ3n) is 4.39. The molecule has 0 atom stereocenters. The second-order valence-corrected chi connectivity index (χ2v) is 6.26. The van der Waals surface area contributed by atoms with E-state index in [9.17, 15) is 0 Å². The van der Waals surface area contributed by atoms with Gasteiger partial charge in [-0.15, -0.1) is 0 Å². The van der Waals surface area contributed by atoms with Gasteiger partial charge in [0, 0.05) is 34.8 Å². The van der Waals surface area contributed by atoms with Crippen LogP contribution >= 0.6 is 0 Å². The van der Waals surface area contributed by atoms with Crippen LogP contribution < -0.4 is 5.32 Å². The van der Waals surface area contributed by atoms with Crippen LogP contribution in [0.2, 0.25) is 0 Å². The van der Waals surface area contributed by atoms with Crippen LogP contribution in [-0.4, -0.2) is 25.1 Å². The molecule has 0 radical (unpaired) electrons. The van der Waals surface area contributed by atoms with Crippen molar-refractivity contribution in [3.8, 4) is 11.4 Å². The van der Waals surface area contributed by atoms with Crippen molar-refractivity contribution >= 4 is 22.5 Å². The largest absolute Gasteiger partial charge is 0.323 e. The summed E-state index contributed by atoms with van der Waals surface area (Å²) in [6.45, 7) is 0. The van der Waals surface area contributed by atoms with Gasteiger partial charge in [0.25, 0.3) is 0 Å². The smallest absolute Gasteiger partial charge is 0.162 e. The van der Waals surface area contributed by atoms with Gasteiger partial charge in [-0.2, -0.15) is 5.10 Å². The van der Waals surface area contributed by atoms with Crippen LogP contribution in [0.15, 0.2) is 54.9 Å². The number of aromatic amines is 1. The molecule has 0 spiro atoms. The Bertz CT molecular complexity index is 1040. The molecule has 25 heavy (non-hydrogen) atoms. The minimum atomic E-state index is 0.634. The maximum absolute atomic E-state index is 4.73. The molecule has 0 amide bonds. The van der Waals surface area contributed by atoms with E-state index in [1.54, 1.807) is 12.4 Å². The predicted octanol–water partition coefficient (Wildman–Crippen LogP) is 4.04. The number of rotatable bonds is 4. The Balaban J connectivity index is 1.59. The standard InChI is InChI=1S/C19H16N6/c1-2-4-13(5-3-1)18-21-16-11-20-9-8-14(16)19(23-18)22-17-10-15(24-25-17)12-6-7-12/h1-5,8-12H,6-7H2,(H2,21,22,23,24,25). The molecule has 2 N–H and O–H groups in total. The van der Waals surface area contributed by atoms with E-state index in [0.29, 0.717) is 11.7 Å². The number of nitrogens with one attached hydrogen (secondary N) is 2. The molecule has 6 heteroatoms. The summed E-state index contributed by atoms with van der Waals surface area (Å²) in [6, 6.07) is 13.9. The maximum atomic E-state index is 4.73. The summed E-state index contributed by atoms with van der Waals surface area (Å²) in [4.78, 5) is 13.6. The summed E-state index contributed by atoms with van der Waals surface area (Å²) in [5.41, 5.74) is 2.96. The van der Waals surface area contributed by atoms with Crippen LogP contribution in [-0.2, 0) is 0 Å². The highest BCUT2D eigenvalue weighted by Crippen LogP contribution is 2.39. The van der Waals surface area contributed by atoms with E-state index in [1.807, 2.05) is 36.4 Å². The Morgan fingerprint density at radius 1 is 1.04 bits per heavy atom. The molecule has 3 aromatic heterocycles. The molecule has 3 heterocycles. The summed E-state index contributed by atoms with van der Waals surface area (Å²) < 4.78 is 0. The molecular formula is C19H16N6. The van der Waals surface area contributed by atoms with E-state index in [4.69, 9.17) is 4.98 Å². The molecule has 1 aromatic carbocycles. The van der Waals surface area contributed by atoms with Crippen LogP contribution in [0.4, 0.5) is 11.6 Å². The number of benzene rings is 1. The number of fused-ring (bicyclic) bond motifs is 1. The summed E-state index contributed by atoms with van der Waals surface area (Å²) in [5, 5.41) is 11.7. The molecule has 1 aliphatic rings. The van der Waals surface area contributed by atoms with Crippen LogP contribution in [0.5, 0.6) is 0 Å². The van der Waals surface area contributed by atoms with Crippen molar-refractivity contribution in [2.24, 2.45) is 0 Å². The topological polar surface area (TPSA) is 79.4 Å². The van der Waals surface area contributed by atoms with E-state index in [1.165, 1.54) is 18.5 Å². The second-order valence-electron chi connectivity index (χ2n) is 6.26. The number of pyridine rings is 1. The highest BCUT2D eigenvalue weighted by molar-refractivity contribution is 5.91. The van der Waals surface area contributed by atoms with Crippen LogP contribution in [0, 0.1) is 0 Å². The van der Waals surface area contributed by atoms with Gasteiger partial charge in [0.05, 0.1) is 11.7 Å². The zero-order valence-corrected chi connectivity index (χ0v) is 13.5. The SMILES string of the molecule is c1ccc(-c2nc(Nc3cc(C4CC4)[nH]n3)c3ccncc3n2)cc1. The number of hydrogen-bond acceptors (Lipinski definition) is 5. The zero-order chi connectivity index (χ0) is 16.6. The summed E-state index contributed by atoms with van der Waals surface area (Å²) in [6.07, 6.45) is 5.98. The first-order valence-corrected chi connectivity index (χ1v) is 8.36. The van der Waals surface area contributed by atoms with Gasteiger partial charge in [-0.1, -0.05) is 30.3 Å². The van der Waals surface area contributed by atoms with Crippen molar-refractivity contribution in [1.29, 1.82) is 0 Å². The highest BCUT2D eigenvalue weighted by atomic mass is 15.2. The molecule has 1 aliphatic carbocycles. The summed E-state index contributed by atoms with van der Waals surface area (Å²) in [5.74, 6) is 2.81. The quantitative estimate of drug-likeness (QED) is 0.591. The van der Waals surface area contributed by atoms with Gasteiger partial charge in [-0.3, -0.25) is 10.1 Å². The van der Waals surface area contributed by atoms with E-state index >= 15 is 0 Å². The minimum Gasteiger partial charge on any atom is -0.323 e. The predicted molar refractivity (Wildman–Crippen MR) is 96.6 cm³/mol. The lowest BCUT2D eigenvalue weighted by Gasteiger charge is -2.09. The molecule has 6 nitrogen and oxygen atoms in total. The Kier molecular flexibility index (Phi) is 3.19. The van der Waals surface area contributed by atoms with Crippen LogP contribution in [0.25, 0.3) is 22.3 Å². The Labute approximate surface area is 144 Å². The molecule has 0 aliphatic heterocycles. The molecule has 0 bridgehead atoms. The lowest BCUT2D eigenvalue weighted by atomic mass is 10.2. The summed E-state index contributed by atoms with van der Waals surface area (Å²) >= 11 is 0. The third kappa shape index (κ3) is 2.71. The van der Waals surface area contributed by atoms with Crippen molar-refractivity contribution in [3.05, 3.63) is 60.6 Å². The zero-order valence-electron chi connectivity index (χ0n) is 13.5. The molecule has 1 fully saturated rings. The number of nitrogens with zero attached hydrogens (tertiary/aromatic N) is 4. The first kappa shape index (κ1) is 14.1. The van der Waals surface area contributed by atoms with Crippen LogP contribution in [0.1, 0.15) is 24.5 Å². The highest BCUT2D eigenvalue weighted by Gasteiger charge is 2.25. The number of aromatic nitrogens is 5. The Hall–Kier alpha value is -3.28. The average molecular weight is 328 g/mol. The van der Waals surface area contributed by atoms with E-state index in [0.717, 1.165) is 28.1 Å². The molecule has 4 aromatic rings. The molecule has 5 rings (SSSR count). The fourth-order valence-corrected chi connectivity index (χ4v) is 2.92. The monoisotopic (exact) mass is 328 g/mol. The molecule has 0 saturated heterocycles.